The lowest BCUT2D eigenvalue weighted by Gasteiger charge is -2.30. The molecule has 0 radical (unpaired) electrons. The van der Waals surface area contributed by atoms with Crippen LogP contribution in [0.15, 0.2) is 212 Å². The van der Waals surface area contributed by atoms with E-state index in [1.165, 1.54) is 16.7 Å². The van der Waals surface area contributed by atoms with Gasteiger partial charge in [-0.25, -0.2) is 0 Å². The van der Waals surface area contributed by atoms with Crippen molar-refractivity contribution in [2.75, 3.05) is 14.7 Å². The number of anilines is 9. The van der Waals surface area contributed by atoms with Crippen LogP contribution in [0.1, 0.15) is 11.1 Å². The molecule has 1 aliphatic rings. The van der Waals surface area contributed by atoms with Gasteiger partial charge in [-0.1, -0.05) is 127 Å². The summed E-state index contributed by atoms with van der Waals surface area (Å²) in [5, 5.41) is 0. The van der Waals surface area contributed by atoms with Gasteiger partial charge in [-0.05, 0) is 114 Å². The minimum Gasteiger partial charge on any atom is -0.311 e. The molecule has 0 unspecified atom stereocenters. The summed E-state index contributed by atoms with van der Waals surface area (Å²) in [7, 11) is 0. The number of rotatable bonds is 8. The molecular formula is C50H37N3. The molecule has 53 heavy (non-hydrogen) atoms. The average molecular weight is 680 g/mol. The SMILES string of the molecule is C1=Cc2cc(N(c3ccccc3)c3ccccc3)ccc2N(c2ccc(-c3ccc(N(c4ccccc4)c4ccccc4)cc3)cc2)c2ccccc21. The average Bonchev–Trinajstić information content (AvgIpc) is 3.40. The Labute approximate surface area is 311 Å². The summed E-state index contributed by atoms with van der Waals surface area (Å²) >= 11 is 0. The largest absolute Gasteiger partial charge is 0.311 e. The van der Waals surface area contributed by atoms with Gasteiger partial charge in [0.05, 0.1) is 11.4 Å². The first-order valence-corrected chi connectivity index (χ1v) is 18.0. The van der Waals surface area contributed by atoms with Gasteiger partial charge in [-0.15, -0.1) is 0 Å². The Morgan fingerprint density at radius 2 is 0.660 bits per heavy atom. The Bertz CT molecular complexity index is 2400. The Morgan fingerprint density at radius 1 is 0.283 bits per heavy atom. The van der Waals surface area contributed by atoms with Crippen molar-refractivity contribution in [3.8, 4) is 11.1 Å². The van der Waals surface area contributed by atoms with Gasteiger partial charge in [-0.3, -0.25) is 0 Å². The molecule has 0 atom stereocenters. The van der Waals surface area contributed by atoms with Crippen LogP contribution in [0.4, 0.5) is 51.2 Å². The maximum absolute atomic E-state index is 2.38. The number of nitrogens with zero attached hydrogens (tertiary/aromatic N) is 3. The van der Waals surface area contributed by atoms with Gasteiger partial charge >= 0.3 is 0 Å². The zero-order valence-electron chi connectivity index (χ0n) is 29.2. The molecule has 0 saturated heterocycles. The third-order valence-electron chi connectivity index (χ3n) is 9.77. The predicted octanol–water partition coefficient (Wildman–Crippen LogP) is 14.2. The predicted molar refractivity (Wildman–Crippen MR) is 225 cm³/mol. The molecule has 8 aromatic rings. The highest BCUT2D eigenvalue weighted by Gasteiger charge is 2.22. The zero-order chi connectivity index (χ0) is 35.4. The fourth-order valence-electron chi connectivity index (χ4n) is 7.25. The Hall–Kier alpha value is -7.10. The van der Waals surface area contributed by atoms with Crippen LogP contribution >= 0.6 is 0 Å². The van der Waals surface area contributed by atoms with Crippen molar-refractivity contribution in [3.63, 3.8) is 0 Å². The quantitative estimate of drug-likeness (QED) is 0.158. The fourth-order valence-corrected chi connectivity index (χ4v) is 7.25. The molecule has 0 spiro atoms. The molecule has 0 bridgehead atoms. The highest BCUT2D eigenvalue weighted by atomic mass is 15.2. The molecule has 252 valence electrons. The molecule has 0 aliphatic carbocycles. The minimum absolute atomic E-state index is 1.11. The standard InChI is InChI=1S/C50H37N3/c1-5-16-42(17-6-1)51(43-18-7-2-8-19-43)46-31-27-38(28-32-46)39-29-33-47(34-30-39)53-49-24-14-13-15-40(49)25-26-41-37-48(35-36-50(41)53)52(44-20-9-3-10-21-44)45-22-11-4-12-23-45/h1-37H. The van der Waals surface area contributed by atoms with Crippen LogP contribution in [0.3, 0.4) is 0 Å². The van der Waals surface area contributed by atoms with Gasteiger partial charge in [0.2, 0.25) is 0 Å². The molecule has 3 nitrogen and oxygen atoms in total. The minimum atomic E-state index is 1.11. The Morgan fingerprint density at radius 3 is 1.19 bits per heavy atom. The van der Waals surface area contributed by atoms with Crippen molar-refractivity contribution in [2.45, 2.75) is 0 Å². The van der Waals surface area contributed by atoms with Crippen LogP contribution in [0, 0.1) is 0 Å². The van der Waals surface area contributed by atoms with Crippen LogP contribution in [-0.2, 0) is 0 Å². The van der Waals surface area contributed by atoms with E-state index in [0.29, 0.717) is 0 Å². The third kappa shape index (κ3) is 6.37. The molecule has 0 saturated carbocycles. The first kappa shape index (κ1) is 31.9. The van der Waals surface area contributed by atoms with Gasteiger partial charge in [-0.2, -0.15) is 0 Å². The molecule has 8 aromatic carbocycles. The smallest absolute Gasteiger partial charge is 0.0535 e. The van der Waals surface area contributed by atoms with Crippen molar-refractivity contribution in [2.24, 2.45) is 0 Å². The van der Waals surface area contributed by atoms with Gasteiger partial charge in [0.1, 0.15) is 0 Å². The number of hydrogen-bond donors (Lipinski definition) is 0. The van der Waals surface area contributed by atoms with E-state index in [4.69, 9.17) is 0 Å². The van der Waals surface area contributed by atoms with E-state index in [1.807, 2.05) is 0 Å². The number of fused-ring (bicyclic) bond motifs is 2. The fraction of sp³-hybridized carbons (Fsp3) is 0. The topological polar surface area (TPSA) is 9.72 Å². The number of para-hydroxylation sites is 5. The van der Waals surface area contributed by atoms with Gasteiger partial charge < -0.3 is 14.7 Å². The van der Waals surface area contributed by atoms with E-state index in [2.05, 4.69) is 239 Å². The Balaban J connectivity index is 1.06. The highest BCUT2D eigenvalue weighted by Crippen LogP contribution is 2.45. The lowest BCUT2D eigenvalue weighted by Crippen LogP contribution is -2.13. The molecule has 0 N–H and O–H groups in total. The van der Waals surface area contributed by atoms with Crippen LogP contribution in [0.25, 0.3) is 23.3 Å². The van der Waals surface area contributed by atoms with Gasteiger partial charge in [0.25, 0.3) is 0 Å². The maximum Gasteiger partial charge on any atom is 0.0535 e. The summed E-state index contributed by atoms with van der Waals surface area (Å²) in [4.78, 5) is 6.99. The van der Waals surface area contributed by atoms with Crippen LogP contribution in [-0.4, -0.2) is 0 Å². The van der Waals surface area contributed by atoms with E-state index in [0.717, 1.165) is 56.7 Å². The first-order chi connectivity index (χ1) is 26.3. The normalized spacial score (nSPS) is 11.7. The summed E-state index contributed by atoms with van der Waals surface area (Å²) in [6.07, 6.45) is 4.48. The molecule has 3 heteroatoms. The van der Waals surface area contributed by atoms with Crippen molar-refractivity contribution in [1.29, 1.82) is 0 Å². The lowest BCUT2D eigenvalue weighted by atomic mass is 10.0. The molecular weight excluding hydrogens is 643 g/mol. The number of hydrogen-bond acceptors (Lipinski definition) is 3. The summed E-state index contributed by atoms with van der Waals surface area (Å²) in [5.74, 6) is 0. The second-order valence-corrected chi connectivity index (χ2v) is 13.1. The van der Waals surface area contributed by atoms with Crippen molar-refractivity contribution in [1.82, 2.24) is 0 Å². The first-order valence-electron chi connectivity index (χ1n) is 18.0. The summed E-state index contributed by atoms with van der Waals surface area (Å²) < 4.78 is 0. The summed E-state index contributed by atoms with van der Waals surface area (Å²) in [6, 6.07) is 75.4. The third-order valence-corrected chi connectivity index (χ3v) is 9.77. The second-order valence-electron chi connectivity index (χ2n) is 13.1. The van der Waals surface area contributed by atoms with E-state index in [9.17, 15) is 0 Å². The molecule has 1 heterocycles. The van der Waals surface area contributed by atoms with Gasteiger partial charge in [0.15, 0.2) is 0 Å². The van der Waals surface area contributed by atoms with E-state index in [-0.39, 0.29) is 0 Å². The van der Waals surface area contributed by atoms with Crippen molar-refractivity contribution < 1.29 is 0 Å². The molecule has 0 aromatic heterocycles. The summed E-state index contributed by atoms with van der Waals surface area (Å²) in [6.45, 7) is 0. The van der Waals surface area contributed by atoms with Crippen LogP contribution < -0.4 is 14.7 Å². The lowest BCUT2D eigenvalue weighted by molar-refractivity contribution is 1.25. The molecule has 0 fully saturated rings. The van der Waals surface area contributed by atoms with Gasteiger partial charge in [0, 0.05) is 45.4 Å². The van der Waals surface area contributed by atoms with E-state index < -0.39 is 0 Å². The molecule has 0 amide bonds. The monoisotopic (exact) mass is 679 g/mol. The van der Waals surface area contributed by atoms with Crippen LogP contribution in [0.2, 0.25) is 0 Å². The maximum atomic E-state index is 2.38. The second kappa shape index (κ2) is 14.3. The highest BCUT2D eigenvalue weighted by molar-refractivity contribution is 5.95. The van der Waals surface area contributed by atoms with Crippen molar-refractivity contribution in [3.05, 3.63) is 223 Å². The van der Waals surface area contributed by atoms with Crippen LogP contribution in [0.5, 0.6) is 0 Å². The van der Waals surface area contributed by atoms with E-state index in [1.54, 1.807) is 0 Å². The molecule has 1 aliphatic heterocycles. The van der Waals surface area contributed by atoms with Crippen molar-refractivity contribution >= 4 is 63.3 Å². The summed E-state index contributed by atoms with van der Waals surface area (Å²) in [5.41, 5.74) is 14.8. The molecule has 9 rings (SSSR count). The van der Waals surface area contributed by atoms with E-state index >= 15 is 0 Å². The Kier molecular flexibility index (Phi) is 8.57. The number of benzene rings is 8. The zero-order valence-corrected chi connectivity index (χ0v) is 29.2.